The molecule has 0 spiro atoms. The second-order valence-electron chi connectivity index (χ2n) is 2.77. The molecule has 14 heavy (non-hydrogen) atoms. The number of nitrogens with one attached hydrogen (secondary N) is 2. The monoisotopic (exact) mass is 213 g/mol. The van der Waals surface area contributed by atoms with Gasteiger partial charge in [-0.1, -0.05) is 11.6 Å². The fraction of sp³-hybridized carbons (Fsp3) is 0.333. The minimum atomic E-state index is -0.0402. The summed E-state index contributed by atoms with van der Waals surface area (Å²) in [4.78, 5) is 15.1. The first-order valence-corrected chi connectivity index (χ1v) is 4.66. The van der Waals surface area contributed by atoms with Gasteiger partial charge in [-0.25, -0.2) is 4.98 Å². The van der Waals surface area contributed by atoms with Crippen molar-refractivity contribution >= 4 is 23.2 Å². The van der Waals surface area contributed by atoms with E-state index in [0.29, 0.717) is 23.8 Å². The molecule has 76 valence electrons. The lowest BCUT2D eigenvalue weighted by molar-refractivity contribution is -0.116. The lowest BCUT2D eigenvalue weighted by Crippen LogP contribution is -2.18. The molecule has 0 aliphatic heterocycles. The molecule has 4 nitrogen and oxygen atoms in total. The molecule has 2 N–H and O–H groups in total. The summed E-state index contributed by atoms with van der Waals surface area (Å²) in [5.74, 6) is -0.0402. The Morgan fingerprint density at radius 3 is 3.07 bits per heavy atom. The third kappa shape index (κ3) is 3.72. The van der Waals surface area contributed by atoms with Gasteiger partial charge in [0.2, 0.25) is 5.91 Å². The average molecular weight is 214 g/mol. The zero-order valence-electron chi connectivity index (χ0n) is 7.88. The van der Waals surface area contributed by atoms with Crippen molar-refractivity contribution in [1.82, 2.24) is 10.3 Å². The Kier molecular flexibility index (Phi) is 4.35. The first-order chi connectivity index (χ1) is 6.72. The number of pyridine rings is 1. The van der Waals surface area contributed by atoms with E-state index in [4.69, 9.17) is 11.6 Å². The largest absolute Gasteiger partial charge is 0.326 e. The van der Waals surface area contributed by atoms with Crippen molar-refractivity contribution in [2.24, 2.45) is 0 Å². The Labute approximate surface area is 87.7 Å². The van der Waals surface area contributed by atoms with Crippen molar-refractivity contribution in [2.75, 3.05) is 18.9 Å². The minimum absolute atomic E-state index is 0.0402. The number of amides is 1. The molecule has 0 aromatic carbocycles. The van der Waals surface area contributed by atoms with Crippen LogP contribution in [-0.2, 0) is 4.79 Å². The van der Waals surface area contributed by atoms with Crippen molar-refractivity contribution in [3.63, 3.8) is 0 Å². The van der Waals surface area contributed by atoms with Crippen LogP contribution >= 0.6 is 11.6 Å². The van der Waals surface area contributed by atoms with E-state index in [1.54, 1.807) is 25.4 Å². The molecular weight excluding hydrogens is 202 g/mol. The van der Waals surface area contributed by atoms with E-state index in [1.807, 2.05) is 0 Å². The lowest BCUT2D eigenvalue weighted by Gasteiger charge is -2.04. The molecule has 0 saturated heterocycles. The molecule has 0 radical (unpaired) electrons. The molecule has 0 bridgehead atoms. The van der Waals surface area contributed by atoms with Crippen molar-refractivity contribution in [2.45, 2.75) is 6.42 Å². The van der Waals surface area contributed by atoms with Crippen molar-refractivity contribution < 1.29 is 4.79 Å². The maximum Gasteiger partial charge on any atom is 0.225 e. The van der Waals surface area contributed by atoms with Gasteiger partial charge in [0.25, 0.3) is 0 Å². The van der Waals surface area contributed by atoms with E-state index in [-0.39, 0.29) is 5.91 Å². The highest BCUT2D eigenvalue weighted by molar-refractivity contribution is 6.29. The highest BCUT2D eigenvalue weighted by Gasteiger charge is 2.01. The van der Waals surface area contributed by atoms with Gasteiger partial charge in [-0.2, -0.15) is 0 Å². The van der Waals surface area contributed by atoms with Crippen LogP contribution < -0.4 is 10.6 Å². The topological polar surface area (TPSA) is 54.0 Å². The lowest BCUT2D eigenvalue weighted by atomic mass is 10.3. The van der Waals surface area contributed by atoms with E-state index >= 15 is 0 Å². The van der Waals surface area contributed by atoms with Gasteiger partial charge in [0.05, 0.1) is 0 Å². The van der Waals surface area contributed by atoms with E-state index in [1.165, 1.54) is 0 Å². The number of carbonyl (C=O) groups excluding carboxylic acids is 1. The minimum Gasteiger partial charge on any atom is -0.326 e. The van der Waals surface area contributed by atoms with Crippen LogP contribution in [0.25, 0.3) is 0 Å². The summed E-state index contributed by atoms with van der Waals surface area (Å²) in [5, 5.41) is 5.98. The third-order valence-corrected chi connectivity index (χ3v) is 1.82. The maximum atomic E-state index is 11.3. The second-order valence-corrected chi connectivity index (χ2v) is 3.16. The highest BCUT2D eigenvalue weighted by atomic mass is 35.5. The number of nitrogens with zero attached hydrogens (tertiary/aromatic N) is 1. The van der Waals surface area contributed by atoms with Gasteiger partial charge in [0.15, 0.2) is 0 Å². The molecule has 1 rings (SSSR count). The molecule has 1 heterocycles. The molecule has 0 aliphatic rings. The van der Waals surface area contributed by atoms with E-state index < -0.39 is 0 Å². The Morgan fingerprint density at radius 2 is 2.43 bits per heavy atom. The fourth-order valence-corrected chi connectivity index (χ4v) is 1.12. The van der Waals surface area contributed by atoms with E-state index in [9.17, 15) is 4.79 Å². The summed E-state index contributed by atoms with van der Waals surface area (Å²) in [5.41, 5.74) is 0.672. The number of hydrogen-bond acceptors (Lipinski definition) is 3. The predicted molar refractivity (Wildman–Crippen MR) is 56.4 cm³/mol. The number of carbonyl (C=O) groups is 1. The predicted octanol–water partition coefficient (Wildman–Crippen LogP) is 1.28. The average Bonchev–Trinajstić information content (AvgIpc) is 2.15. The molecule has 0 saturated carbocycles. The zero-order valence-corrected chi connectivity index (χ0v) is 8.64. The number of anilines is 1. The number of hydrogen-bond donors (Lipinski definition) is 2. The molecular formula is C9H12ClN3O. The summed E-state index contributed by atoms with van der Waals surface area (Å²) in [6.45, 7) is 0.657. The summed E-state index contributed by atoms with van der Waals surface area (Å²) in [7, 11) is 1.80. The van der Waals surface area contributed by atoms with Crippen molar-refractivity contribution in [1.29, 1.82) is 0 Å². The summed E-state index contributed by atoms with van der Waals surface area (Å²) < 4.78 is 0. The van der Waals surface area contributed by atoms with Crippen LogP contribution in [0.5, 0.6) is 0 Å². The van der Waals surface area contributed by atoms with Crippen LogP contribution in [0.2, 0.25) is 5.15 Å². The molecule has 0 fully saturated rings. The van der Waals surface area contributed by atoms with Crippen LogP contribution in [0, 0.1) is 0 Å². The van der Waals surface area contributed by atoms with Crippen molar-refractivity contribution in [3.05, 3.63) is 23.5 Å². The van der Waals surface area contributed by atoms with Crippen LogP contribution in [0.4, 0.5) is 5.69 Å². The second kappa shape index (κ2) is 5.57. The standard InChI is InChI=1S/C9H12ClN3O/c1-11-4-3-9(14)13-7-2-5-12-8(10)6-7/h2,5-6,11H,3-4H2,1H3,(H,12,13,14). The zero-order chi connectivity index (χ0) is 10.4. The first kappa shape index (κ1) is 10.9. The van der Waals surface area contributed by atoms with Crippen LogP contribution in [0.3, 0.4) is 0 Å². The van der Waals surface area contributed by atoms with Crippen LogP contribution in [0.1, 0.15) is 6.42 Å². The molecule has 1 aromatic heterocycles. The SMILES string of the molecule is CNCCC(=O)Nc1ccnc(Cl)c1. The van der Waals surface area contributed by atoms with Gasteiger partial charge in [-0.15, -0.1) is 0 Å². The van der Waals surface area contributed by atoms with Gasteiger partial charge < -0.3 is 10.6 Å². The molecule has 0 aliphatic carbocycles. The fourth-order valence-electron chi connectivity index (χ4n) is 0.942. The van der Waals surface area contributed by atoms with Crippen LogP contribution in [0.15, 0.2) is 18.3 Å². The molecule has 0 unspecified atom stereocenters. The number of rotatable bonds is 4. The molecule has 1 amide bonds. The third-order valence-electron chi connectivity index (χ3n) is 1.61. The normalized spacial score (nSPS) is 9.86. The number of halogens is 1. The van der Waals surface area contributed by atoms with Gasteiger partial charge in [-0.05, 0) is 19.2 Å². The Morgan fingerprint density at radius 1 is 1.64 bits per heavy atom. The number of aromatic nitrogens is 1. The van der Waals surface area contributed by atoms with Crippen LogP contribution in [-0.4, -0.2) is 24.5 Å². The Balaban J connectivity index is 2.47. The quantitative estimate of drug-likeness (QED) is 0.741. The molecule has 1 aromatic rings. The molecule has 0 atom stereocenters. The summed E-state index contributed by atoms with van der Waals surface area (Å²) in [6.07, 6.45) is 1.99. The Hall–Kier alpha value is -1.13. The maximum absolute atomic E-state index is 11.3. The first-order valence-electron chi connectivity index (χ1n) is 4.28. The molecule has 5 heteroatoms. The van der Waals surface area contributed by atoms with Gasteiger partial charge in [-0.3, -0.25) is 4.79 Å². The van der Waals surface area contributed by atoms with E-state index in [0.717, 1.165) is 0 Å². The summed E-state index contributed by atoms with van der Waals surface area (Å²) in [6, 6.07) is 3.31. The summed E-state index contributed by atoms with van der Waals surface area (Å²) >= 11 is 5.66. The van der Waals surface area contributed by atoms with E-state index in [2.05, 4.69) is 15.6 Å². The highest BCUT2D eigenvalue weighted by Crippen LogP contribution is 2.11. The van der Waals surface area contributed by atoms with Crippen molar-refractivity contribution in [3.8, 4) is 0 Å². The van der Waals surface area contributed by atoms with Gasteiger partial charge >= 0.3 is 0 Å². The Bertz CT molecular complexity index is 317. The smallest absolute Gasteiger partial charge is 0.225 e. The van der Waals surface area contributed by atoms with Gasteiger partial charge in [0.1, 0.15) is 5.15 Å². The van der Waals surface area contributed by atoms with Gasteiger partial charge in [0, 0.05) is 24.8 Å².